The van der Waals surface area contributed by atoms with Crippen molar-refractivity contribution in [3.63, 3.8) is 0 Å². The number of amides is 2. The van der Waals surface area contributed by atoms with Gasteiger partial charge in [0.2, 0.25) is 5.91 Å². The third-order valence-electron chi connectivity index (χ3n) is 8.16. The molecular weight excluding hydrogens is 536 g/mol. The predicted octanol–water partition coefficient (Wildman–Crippen LogP) is 5.02. The molecule has 1 saturated carbocycles. The van der Waals surface area contributed by atoms with E-state index in [1.54, 1.807) is 27.9 Å². The number of nitrogens with one attached hydrogen (secondary N) is 1. The highest BCUT2D eigenvalue weighted by atomic mass is 16.6. The van der Waals surface area contributed by atoms with E-state index in [9.17, 15) is 19.8 Å². The summed E-state index contributed by atoms with van der Waals surface area (Å²) in [7, 11) is 1.68. The minimum atomic E-state index is -1.18. The Kier molecular flexibility index (Phi) is 11.7. The summed E-state index contributed by atoms with van der Waals surface area (Å²) in [6.07, 6.45) is 2.91. The summed E-state index contributed by atoms with van der Waals surface area (Å²) in [6, 6.07) is 7.19. The van der Waals surface area contributed by atoms with Gasteiger partial charge in [-0.1, -0.05) is 39.0 Å². The number of rotatable bonds is 11. The second-order valence-electron chi connectivity index (χ2n) is 14.3. The fraction of sp³-hybridized carbons (Fsp3) is 0.758. The monoisotopic (exact) mass is 590 g/mol. The van der Waals surface area contributed by atoms with Crippen molar-refractivity contribution in [1.82, 2.24) is 10.2 Å². The van der Waals surface area contributed by atoms with E-state index in [2.05, 4.69) is 26.1 Å². The first-order valence-electron chi connectivity index (χ1n) is 15.5. The maximum Gasteiger partial charge on any atom is 0.407 e. The lowest BCUT2D eigenvalue weighted by Crippen LogP contribution is -2.49. The summed E-state index contributed by atoms with van der Waals surface area (Å²) in [6.45, 7) is 13.9. The summed E-state index contributed by atoms with van der Waals surface area (Å²) in [5, 5.41) is 25.9. The van der Waals surface area contributed by atoms with Crippen LogP contribution in [0.15, 0.2) is 24.3 Å². The first-order chi connectivity index (χ1) is 19.6. The number of nitrogens with zero attached hydrogens (tertiary/aromatic N) is 1. The van der Waals surface area contributed by atoms with E-state index < -0.39 is 35.4 Å². The second kappa shape index (κ2) is 14.4. The number of carbonyl (C=O) groups is 2. The molecule has 1 aromatic carbocycles. The minimum absolute atomic E-state index is 0.0359. The van der Waals surface area contributed by atoms with E-state index in [-0.39, 0.29) is 23.7 Å². The number of piperidine rings is 1. The van der Waals surface area contributed by atoms with Crippen LogP contribution in [0.5, 0.6) is 5.75 Å². The molecule has 2 amide bonds. The molecular formula is C33H54N2O7. The Morgan fingerprint density at radius 3 is 2.45 bits per heavy atom. The third-order valence-corrected chi connectivity index (χ3v) is 8.16. The van der Waals surface area contributed by atoms with E-state index in [0.717, 1.165) is 31.2 Å². The summed E-state index contributed by atoms with van der Waals surface area (Å²) < 4.78 is 16.9. The number of para-hydroxylation sites is 1. The molecule has 2 fully saturated rings. The fourth-order valence-electron chi connectivity index (χ4n) is 6.10. The van der Waals surface area contributed by atoms with Crippen molar-refractivity contribution in [3.05, 3.63) is 29.8 Å². The summed E-state index contributed by atoms with van der Waals surface area (Å²) in [4.78, 5) is 27.9. The first kappa shape index (κ1) is 34.1. The number of ether oxygens (including phenoxy) is 3. The van der Waals surface area contributed by atoms with Gasteiger partial charge in [0.15, 0.2) is 0 Å². The fourth-order valence-corrected chi connectivity index (χ4v) is 6.10. The van der Waals surface area contributed by atoms with Gasteiger partial charge in [-0.15, -0.1) is 0 Å². The molecule has 1 heterocycles. The number of aliphatic hydroxyl groups excluding tert-OH is 1. The maximum absolute atomic E-state index is 13.7. The molecule has 42 heavy (non-hydrogen) atoms. The maximum atomic E-state index is 13.7. The zero-order chi connectivity index (χ0) is 31.1. The van der Waals surface area contributed by atoms with Crippen molar-refractivity contribution >= 4 is 12.0 Å². The molecule has 3 rings (SSSR count). The van der Waals surface area contributed by atoms with Gasteiger partial charge in [0, 0.05) is 44.2 Å². The van der Waals surface area contributed by atoms with E-state index in [1.807, 2.05) is 29.2 Å². The molecule has 0 radical (unpaired) electrons. The van der Waals surface area contributed by atoms with Gasteiger partial charge < -0.3 is 34.6 Å². The van der Waals surface area contributed by atoms with Crippen molar-refractivity contribution in [1.29, 1.82) is 0 Å². The van der Waals surface area contributed by atoms with Gasteiger partial charge in [0.25, 0.3) is 0 Å². The van der Waals surface area contributed by atoms with Crippen molar-refractivity contribution in [3.8, 4) is 5.75 Å². The van der Waals surface area contributed by atoms with Crippen LogP contribution in [-0.4, -0.2) is 78.3 Å². The number of likely N-dealkylation sites (tertiary alicyclic amines) is 1. The number of unbranched alkanes of at least 4 members (excludes halogenated alkanes) is 1. The highest BCUT2D eigenvalue weighted by Crippen LogP contribution is 2.44. The number of hydrogen-bond acceptors (Lipinski definition) is 7. The molecule has 2 aliphatic rings. The summed E-state index contributed by atoms with van der Waals surface area (Å²) in [5.74, 6) is 0.0568. The Morgan fingerprint density at radius 1 is 1.07 bits per heavy atom. The Labute approximate surface area is 252 Å². The summed E-state index contributed by atoms with van der Waals surface area (Å²) in [5.41, 5.74) is -1.11. The predicted molar refractivity (Wildman–Crippen MR) is 162 cm³/mol. The second-order valence-corrected chi connectivity index (χ2v) is 14.3. The Bertz CT molecular complexity index is 1030. The number of alkyl carbamates (subject to hydrolysis) is 1. The molecule has 5 atom stereocenters. The molecule has 0 unspecified atom stereocenters. The number of hydrogen-bond donors (Lipinski definition) is 3. The molecule has 1 saturated heterocycles. The van der Waals surface area contributed by atoms with Crippen molar-refractivity contribution in [2.75, 3.05) is 33.4 Å². The highest BCUT2D eigenvalue weighted by molar-refractivity contribution is 5.80. The standard InChI is InChI=1S/C33H54N2O7/c1-31(2,3)22-41-28-15-9-8-14-25(28)33(39,16-10-11-18-40-7)24-13-12-17-35(21-24)29(37)23-19-26(27(36)20-23)34-30(38)42-32(4,5)6/h8-9,14-15,23-24,26-27,36,39H,10-13,16-22H2,1-7H3,(H,34,38)/t23-,24+,26+,27-,33-/m0/s1. The molecule has 3 N–H and O–H groups in total. The van der Waals surface area contributed by atoms with Crippen LogP contribution in [0, 0.1) is 17.3 Å². The average molecular weight is 591 g/mol. The Morgan fingerprint density at radius 2 is 1.79 bits per heavy atom. The van der Waals surface area contributed by atoms with Crippen LogP contribution in [0.25, 0.3) is 0 Å². The molecule has 1 aliphatic heterocycles. The smallest absolute Gasteiger partial charge is 0.407 e. The van der Waals surface area contributed by atoms with Gasteiger partial charge in [-0.25, -0.2) is 4.79 Å². The van der Waals surface area contributed by atoms with Gasteiger partial charge in [-0.2, -0.15) is 0 Å². The van der Waals surface area contributed by atoms with Crippen LogP contribution < -0.4 is 10.1 Å². The Balaban J connectivity index is 1.77. The van der Waals surface area contributed by atoms with E-state index in [1.165, 1.54) is 0 Å². The van der Waals surface area contributed by atoms with Crippen LogP contribution in [0.1, 0.15) is 92.1 Å². The van der Waals surface area contributed by atoms with Crippen LogP contribution in [-0.2, 0) is 19.9 Å². The number of benzene rings is 1. The lowest BCUT2D eigenvalue weighted by atomic mass is 9.73. The average Bonchev–Trinajstić information content (AvgIpc) is 3.27. The quantitative estimate of drug-likeness (QED) is 0.310. The van der Waals surface area contributed by atoms with Crippen molar-refractivity contribution in [2.45, 2.75) is 110 Å². The molecule has 238 valence electrons. The first-order valence-corrected chi connectivity index (χ1v) is 15.5. The van der Waals surface area contributed by atoms with Crippen LogP contribution in [0.4, 0.5) is 4.79 Å². The molecule has 1 aromatic rings. The van der Waals surface area contributed by atoms with Gasteiger partial charge >= 0.3 is 6.09 Å². The molecule has 0 bridgehead atoms. The largest absolute Gasteiger partial charge is 0.493 e. The molecule has 9 nitrogen and oxygen atoms in total. The lowest BCUT2D eigenvalue weighted by molar-refractivity contribution is -0.141. The Hall–Kier alpha value is -2.36. The van der Waals surface area contributed by atoms with E-state index >= 15 is 0 Å². The van der Waals surface area contributed by atoms with Crippen molar-refractivity contribution in [2.24, 2.45) is 17.3 Å². The van der Waals surface area contributed by atoms with Crippen LogP contribution in [0.3, 0.4) is 0 Å². The van der Waals surface area contributed by atoms with Gasteiger partial charge in [-0.3, -0.25) is 4.79 Å². The summed E-state index contributed by atoms with van der Waals surface area (Å²) >= 11 is 0. The molecule has 0 spiro atoms. The van der Waals surface area contributed by atoms with Gasteiger partial charge in [0.1, 0.15) is 11.4 Å². The van der Waals surface area contributed by atoms with Crippen molar-refractivity contribution < 1.29 is 34.0 Å². The minimum Gasteiger partial charge on any atom is -0.493 e. The SMILES string of the molecule is COCCCC[C@@](O)(c1ccccc1OCC(C)(C)C)[C@@H]1CCCN(C(=O)[C@@H]2C[C@H](O)[C@H](NC(=O)OC(C)(C)C)C2)C1. The molecule has 9 heteroatoms. The van der Waals surface area contributed by atoms with Gasteiger partial charge in [-0.05, 0) is 77.2 Å². The van der Waals surface area contributed by atoms with Gasteiger partial charge in [0.05, 0.1) is 24.4 Å². The molecule has 0 aromatic heterocycles. The third kappa shape index (κ3) is 9.58. The van der Waals surface area contributed by atoms with Crippen LogP contribution in [0.2, 0.25) is 0 Å². The topological polar surface area (TPSA) is 118 Å². The number of methoxy groups -OCH3 is 1. The molecule has 1 aliphatic carbocycles. The lowest BCUT2D eigenvalue weighted by Gasteiger charge is -2.44. The number of aliphatic hydroxyl groups is 2. The van der Waals surface area contributed by atoms with E-state index in [4.69, 9.17) is 14.2 Å². The van der Waals surface area contributed by atoms with E-state index in [0.29, 0.717) is 44.9 Å². The highest BCUT2D eigenvalue weighted by Gasteiger charge is 2.45. The zero-order valence-electron chi connectivity index (χ0n) is 26.8. The van der Waals surface area contributed by atoms with Crippen LogP contribution >= 0.6 is 0 Å². The zero-order valence-corrected chi connectivity index (χ0v) is 26.8. The normalized spacial score (nSPS) is 24.6. The number of carbonyl (C=O) groups excluding carboxylic acids is 2.